The van der Waals surface area contributed by atoms with Crippen molar-refractivity contribution in [2.24, 2.45) is 0 Å². The summed E-state index contributed by atoms with van der Waals surface area (Å²) in [5.41, 5.74) is 0. The van der Waals surface area contributed by atoms with Crippen LogP contribution >= 0.6 is 12.2 Å². The van der Waals surface area contributed by atoms with Crippen molar-refractivity contribution in [2.45, 2.75) is 39.8 Å². The van der Waals surface area contributed by atoms with Crippen molar-refractivity contribution in [1.82, 2.24) is 4.90 Å². The Labute approximate surface area is 90.8 Å². The molecular weight excluding hydrogens is 226 g/mol. The number of hydrogen-bond donors (Lipinski definition) is 0. The minimum absolute atomic E-state index is 0. The van der Waals surface area contributed by atoms with Crippen LogP contribution in [0.25, 0.3) is 0 Å². The van der Waals surface area contributed by atoms with E-state index in [0.29, 0.717) is 16.4 Å². The van der Waals surface area contributed by atoms with Crippen molar-refractivity contribution in [1.29, 1.82) is 0 Å². The number of hydrogen-bond acceptors (Lipinski definition) is 2. The second-order valence-electron chi connectivity index (χ2n) is 2.86. The van der Waals surface area contributed by atoms with E-state index in [1.165, 1.54) is 0 Å². The Morgan fingerprint density at radius 3 is 1.45 bits per heavy atom. The van der Waals surface area contributed by atoms with Gasteiger partial charge >= 0.3 is 17.1 Å². The molecule has 0 aliphatic heterocycles. The molecular formula is C7H14CuNS2. The molecule has 0 N–H and O–H groups in total. The predicted molar refractivity (Wildman–Crippen MR) is 52.1 cm³/mol. The molecule has 0 amide bonds. The van der Waals surface area contributed by atoms with Crippen molar-refractivity contribution >= 4 is 29.2 Å². The Morgan fingerprint density at radius 1 is 1.18 bits per heavy atom. The minimum atomic E-state index is 0. The average molecular weight is 240 g/mol. The van der Waals surface area contributed by atoms with Crippen molar-refractivity contribution < 1.29 is 17.1 Å². The zero-order valence-corrected chi connectivity index (χ0v) is 9.79. The van der Waals surface area contributed by atoms with Gasteiger partial charge in [-0.1, -0.05) is 4.32 Å². The molecule has 0 bridgehead atoms. The molecule has 0 atom stereocenters. The normalized spacial score (nSPS) is 9.64. The maximum Gasteiger partial charge on any atom is 1.00 e. The van der Waals surface area contributed by atoms with Crippen molar-refractivity contribution in [3.63, 3.8) is 0 Å². The molecule has 0 saturated carbocycles. The second kappa shape index (κ2) is 6.18. The van der Waals surface area contributed by atoms with Gasteiger partial charge in [0, 0.05) is 12.1 Å². The molecule has 0 radical (unpaired) electrons. The van der Waals surface area contributed by atoms with Crippen molar-refractivity contribution in [2.75, 3.05) is 0 Å². The second-order valence-corrected chi connectivity index (χ2v) is 3.89. The molecule has 0 saturated heterocycles. The van der Waals surface area contributed by atoms with Gasteiger partial charge in [0.2, 0.25) is 0 Å². The Kier molecular flexibility index (Phi) is 7.96. The molecule has 0 aromatic rings. The summed E-state index contributed by atoms with van der Waals surface area (Å²) in [4.78, 5) is 2.05. The SMILES string of the molecule is CC(C)N(C(=S)[S-])C(C)C.[Cu+]. The third-order valence-corrected chi connectivity index (χ3v) is 1.75. The summed E-state index contributed by atoms with van der Waals surface area (Å²) in [6.45, 7) is 8.38. The van der Waals surface area contributed by atoms with Crippen LogP contribution in [0, 0.1) is 0 Å². The molecule has 70 valence electrons. The standard InChI is InChI=1S/C7H15NS2.Cu/c1-5(2)8(6(3)4)7(9)10;/h5-6H,1-4H3,(H,9,10);/q;+1/p-1. The summed E-state index contributed by atoms with van der Waals surface area (Å²) >= 11 is 9.82. The Hall–Kier alpha value is 0.629. The van der Waals surface area contributed by atoms with Gasteiger partial charge in [-0.25, -0.2) is 0 Å². The molecule has 0 aliphatic rings. The van der Waals surface area contributed by atoms with E-state index >= 15 is 0 Å². The first-order chi connectivity index (χ1) is 4.46. The topological polar surface area (TPSA) is 3.24 Å². The van der Waals surface area contributed by atoms with Crippen LogP contribution in [0.3, 0.4) is 0 Å². The van der Waals surface area contributed by atoms with Gasteiger partial charge in [-0.05, 0) is 27.7 Å². The summed E-state index contributed by atoms with van der Waals surface area (Å²) in [7, 11) is 0. The molecule has 4 heteroatoms. The van der Waals surface area contributed by atoms with Crippen LogP contribution in [-0.4, -0.2) is 21.3 Å². The summed E-state index contributed by atoms with van der Waals surface area (Å²) < 4.78 is 0.574. The summed E-state index contributed by atoms with van der Waals surface area (Å²) in [5, 5.41) is 0. The molecule has 0 aromatic carbocycles. The quantitative estimate of drug-likeness (QED) is 0.412. The van der Waals surface area contributed by atoms with Gasteiger partial charge in [0.05, 0.1) is 0 Å². The predicted octanol–water partition coefficient (Wildman–Crippen LogP) is 1.93. The molecule has 0 fully saturated rings. The molecule has 0 rings (SSSR count). The van der Waals surface area contributed by atoms with Crippen LogP contribution in [0.15, 0.2) is 0 Å². The van der Waals surface area contributed by atoms with Gasteiger partial charge in [0.25, 0.3) is 0 Å². The van der Waals surface area contributed by atoms with Gasteiger partial charge in [0.15, 0.2) is 0 Å². The molecule has 0 heterocycles. The van der Waals surface area contributed by atoms with E-state index in [1.807, 2.05) is 4.90 Å². The largest absolute Gasteiger partial charge is 1.00 e. The first-order valence-electron chi connectivity index (χ1n) is 3.46. The molecule has 0 unspecified atom stereocenters. The smallest absolute Gasteiger partial charge is 0.411 e. The fourth-order valence-electron chi connectivity index (χ4n) is 1.02. The number of thiocarbonyl (C=S) groups is 1. The van der Waals surface area contributed by atoms with Gasteiger partial charge in [-0.2, -0.15) is 0 Å². The van der Waals surface area contributed by atoms with Crippen molar-refractivity contribution in [3.05, 3.63) is 0 Å². The van der Waals surface area contributed by atoms with Crippen LogP contribution in [0.2, 0.25) is 0 Å². The Morgan fingerprint density at radius 2 is 1.45 bits per heavy atom. The summed E-state index contributed by atoms with van der Waals surface area (Å²) in [6, 6.07) is 0.843. The van der Waals surface area contributed by atoms with Crippen molar-refractivity contribution in [3.8, 4) is 0 Å². The van der Waals surface area contributed by atoms with E-state index in [9.17, 15) is 0 Å². The van der Waals surface area contributed by atoms with E-state index in [0.717, 1.165) is 0 Å². The van der Waals surface area contributed by atoms with Crippen LogP contribution in [0.5, 0.6) is 0 Å². The van der Waals surface area contributed by atoms with Gasteiger partial charge in [-0.15, -0.1) is 0 Å². The Balaban J connectivity index is 0. The van der Waals surface area contributed by atoms with Gasteiger partial charge in [0.1, 0.15) is 0 Å². The summed E-state index contributed by atoms with van der Waals surface area (Å²) in [6.07, 6.45) is 0. The van der Waals surface area contributed by atoms with E-state index in [4.69, 9.17) is 24.8 Å². The van der Waals surface area contributed by atoms with Crippen LogP contribution in [0.4, 0.5) is 0 Å². The summed E-state index contributed by atoms with van der Waals surface area (Å²) in [5.74, 6) is 0. The number of rotatable bonds is 2. The zero-order valence-electron chi connectivity index (χ0n) is 7.22. The minimum Gasteiger partial charge on any atom is -0.411 e. The first-order valence-corrected chi connectivity index (χ1v) is 4.27. The number of nitrogens with zero attached hydrogens (tertiary/aromatic N) is 1. The van der Waals surface area contributed by atoms with Crippen LogP contribution in [0.1, 0.15) is 27.7 Å². The molecule has 11 heavy (non-hydrogen) atoms. The van der Waals surface area contributed by atoms with Crippen LogP contribution in [-0.2, 0) is 29.7 Å². The van der Waals surface area contributed by atoms with E-state index < -0.39 is 0 Å². The molecule has 0 spiro atoms. The average Bonchev–Trinajstić information content (AvgIpc) is 1.59. The zero-order chi connectivity index (χ0) is 8.31. The van der Waals surface area contributed by atoms with E-state index in [-0.39, 0.29) is 17.1 Å². The Bertz CT molecular complexity index is 118. The maximum absolute atomic E-state index is 4.91. The fourth-order valence-corrected chi connectivity index (χ4v) is 1.86. The van der Waals surface area contributed by atoms with Crippen LogP contribution < -0.4 is 0 Å². The van der Waals surface area contributed by atoms with E-state index in [2.05, 4.69) is 27.7 Å². The van der Waals surface area contributed by atoms with E-state index in [1.54, 1.807) is 0 Å². The molecule has 0 aliphatic carbocycles. The molecule has 1 nitrogen and oxygen atoms in total. The van der Waals surface area contributed by atoms with Gasteiger partial charge in [-0.3, -0.25) is 0 Å². The van der Waals surface area contributed by atoms with Gasteiger partial charge < -0.3 is 29.7 Å². The third-order valence-electron chi connectivity index (χ3n) is 1.32. The maximum atomic E-state index is 4.91. The third kappa shape index (κ3) is 4.96. The monoisotopic (exact) mass is 239 g/mol. The first kappa shape index (κ1) is 14.2. The molecule has 0 aromatic heterocycles. The fraction of sp³-hybridized carbons (Fsp3) is 0.857.